The van der Waals surface area contributed by atoms with Gasteiger partial charge in [0.15, 0.2) is 0 Å². The largest absolute Gasteiger partial charge is 0.154 e. The third-order valence-corrected chi connectivity index (χ3v) is 3.90. The van der Waals surface area contributed by atoms with Crippen molar-refractivity contribution in [3.63, 3.8) is 0 Å². The van der Waals surface area contributed by atoms with Gasteiger partial charge in [-0.05, 0) is 56.6 Å². The third-order valence-electron chi connectivity index (χ3n) is 3.90. The van der Waals surface area contributed by atoms with Gasteiger partial charge in [0.05, 0.1) is 5.69 Å². The lowest BCUT2D eigenvalue weighted by atomic mass is 9.79. The second-order valence-electron chi connectivity index (χ2n) is 5.22. The maximum absolute atomic E-state index is 4.34. The van der Waals surface area contributed by atoms with E-state index in [0.29, 0.717) is 5.92 Å². The Hall–Kier alpha value is -1.36. The van der Waals surface area contributed by atoms with Crippen molar-refractivity contribution in [2.75, 3.05) is 0 Å². The molecule has 0 atom stereocenters. The summed E-state index contributed by atoms with van der Waals surface area (Å²) < 4.78 is 0. The van der Waals surface area contributed by atoms with Crippen LogP contribution in [-0.4, -0.2) is 10.2 Å². The lowest BCUT2D eigenvalue weighted by Crippen LogP contribution is -2.14. The molecule has 1 aromatic rings. The predicted octanol–water partition coefficient (Wildman–Crippen LogP) is 3.92. The Morgan fingerprint density at radius 3 is 2.50 bits per heavy atom. The molecule has 1 fully saturated rings. The van der Waals surface area contributed by atoms with Crippen molar-refractivity contribution >= 4 is 0 Å². The SMILES string of the molecule is CC#Cc1ccc([C@H]2CC[C@H](CCC)CC2)nn1. The summed E-state index contributed by atoms with van der Waals surface area (Å²) in [5.74, 6) is 7.36. The molecule has 1 aliphatic carbocycles. The van der Waals surface area contributed by atoms with Crippen LogP contribution < -0.4 is 0 Å². The number of nitrogens with zero attached hydrogens (tertiary/aromatic N) is 2. The molecule has 2 rings (SSSR count). The minimum atomic E-state index is 0.620. The van der Waals surface area contributed by atoms with Crippen LogP contribution in [0.5, 0.6) is 0 Å². The van der Waals surface area contributed by atoms with Gasteiger partial charge in [0.2, 0.25) is 0 Å². The van der Waals surface area contributed by atoms with Crippen LogP contribution in [0.2, 0.25) is 0 Å². The van der Waals surface area contributed by atoms with E-state index in [-0.39, 0.29) is 0 Å². The Kier molecular flexibility index (Phi) is 4.75. The van der Waals surface area contributed by atoms with E-state index >= 15 is 0 Å². The fourth-order valence-corrected chi connectivity index (χ4v) is 2.91. The third kappa shape index (κ3) is 3.32. The van der Waals surface area contributed by atoms with Crippen LogP contribution in [0.3, 0.4) is 0 Å². The van der Waals surface area contributed by atoms with Crippen molar-refractivity contribution in [1.29, 1.82) is 0 Å². The van der Waals surface area contributed by atoms with Gasteiger partial charge in [-0.1, -0.05) is 25.7 Å². The van der Waals surface area contributed by atoms with E-state index in [0.717, 1.165) is 17.3 Å². The van der Waals surface area contributed by atoms with E-state index in [1.807, 2.05) is 13.0 Å². The summed E-state index contributed by atoms with van der Waals surface area (Å²) in [4.78, 5) is 0. The second kappa shape index (κ2) is 6.54. The topological polar surface area (TPSA) is 25.8 Å². The number of hydrogen-bond donors (Lipinski definition) is 0. The molecule has 2 nitrogen and oxygen atoms in total. The van der Waals surface area contributed by atoms with Gasteiger partial charge in [0.25, 0.3) is 0 Å². The van der Waals surface area contributed by atoms with Crippen LogP contribution in [0.4, 0.5) is 0 Å². The first-order chi connectivity index (χ1) is 8.83. The number of aromatic nitrogens is 2. The van der Waals surface area contributed by atoms with Gasteiger partial charge in [-0.25, -0.2) is 0 Å². The van der Waals surface area contributed by atoms with Gasteiger partial charge in [0, 0.05) is 5.92 Å². The first-order valence-electron chi connectivity index (χ1n) is 7.09. The average Bonchev–Trinajstić information content (AvgIpc) is 2.41. The van der Waals surface area contributed by atoms with E-state index in [4.69, 9.17) is 0 Å². The van der Waals surface area contributed by atoms with Gasteiger partial charge in [-0.3, -0.25) is 0 Å². The molecule has 1 saturated carbocycles. The molecule has 0 saturated heterocycles. The van der Waals surface area contributed by atoms with Crippen molar-refractivity contribution in [3.8, 4) is 11.8 Å². The fraction of sp³-hybridized carbons (Fsp3) is 0.625. The zero-order valence-corrected chi connectivity index (χ0v) is 11.4. The van der Waals surface area contributed by atoms with Crippen molar-refractivity contribution in [1.82, 2.24) is 10.2 Å². The molecule has 0 aliphatic heterocycles. The van der Waals surface area contributed by atoms with E-state index in [1.165, 1.54) is 38.5 Å². The summed E-state index contributed by atoms with van der Waals surface area (Å²) in [5, 5.41) is 8.51. The van der Waals surface area contributed by atoms with Crippen LogP contribution in [-0.2, 0) is 0 Å². The number of hydrogen-bond acceptors (Lipinski definition) is 2. The molecule has 0 radical (unpaired) electrons. The first kappa shape index (κ1) is 13.1. The summed E-state index contributed by atoms with van der Waals surface area (Å²) in [6, 6.07) is 4.11. The fourth-order valence-electron chi connectivity index (χ4n) is 2.91. The minimum Gasteiger partial charge on any atom is -0.154 e. The molecule has 0 bridgehead atoms. The molecular formula is C16H22N2. The Labute approximate surface area is 110 Å². The Morgan fingerprint density at radius 2 is 1.94 bits per heavy atom. The molecule has 96 valence electrons. The van der Waals surface area contributed by atoms with Gasteiger partial charge >= 0.3 is 0 Å². The average molecular weight is 242 g/mol. The van der Waals surface area contributed by atoms with Crippen LogP contribution in [0.15, 0.2) is 12.1 Å². The van der Waals surface area contributed by atoms with Crippen molar-refractivity contribution in [2.24, 2.45) is 5.92 Å². The Balaban J connectivity index is 1.94. The zero-order chi connectivity index (χ0) is 12.8. The molecule has 1 aromatic heterocycles. The minimum absolute atomic E-state index is 0.620. The first-order valence-corrected chi connectivity index (χ1v) is 7.09. The maximum Gasteiger partial charge on any atom is 0.135 e. The summed E-state index contributed by atoms with van der Waals surface area (Å²) >= 11 is 0. The van der Waals surface area contributed by atoms with E-state index in [9.17, 15) is 0 Å². The standard InChI is InChI=1S/C16H22N2/c1-3-5-13-7-9-14(10-8-13)16-12-11-15(6-4-2)17-18-16/h11-14H,3,5,7-10H2,1-2H3/t13-,14-. The monoisotopic (exact) mass is 242 g/mol. The molecule has 1 aliphatic rings. The predicted molar refractivity (Wildman–Crippen MR) is 74.2 cm³/mol. The zero-order valence-electron chi connectivity index (χ0n) is 11.4. The highest BCUT2D eigenvalue weighted by molar-refractivity contribution is 5.26. The molecule has 0 spiro atoms. The van der Waals surface area contributed by atoms with E-state index in [2.05, 4.69) is 35.0 Å². The highest BCUT2D eigenvalue weighted by atomic mass is 15.1. The van der Waals surface area contributed by atoms with Crippen molar-refractivity contribution < 1.29 is 0 Å². The number of rotatable bonds is 3. The molecule has 0 unspecified atom stereocenters. The highest BCUT2D eigenvalue weighted by Gasteiger charge is 2.22. The van der Waals surface area contributed by atoms with E-state index < -0.39 is 0 Å². The normalized spacial score (nSPS) is 23.2. The summed E-state index contributed by atoms with van der Waals surface area (Å²) in [5.41, 5.74) is 1.94. The molecule has 0 amide bonds. The summed E-state index contributed by atoms with van der Waals surface area (Å²) in [6.45, 7) is 4.11. The van der Waals surface area contributed by atoms with Crippen LogP contribution in [0, 0.1) is 17.8 Å². The molecule has 1 heterocycles. The van der Waals surface area contributed by atoms with Crippen molar-refractivity contribution in [3.05, 3.63) is 23.5 Å². The maximum atomic E-state index is 4.34. The van der Waals surface area contributed by atoms with Crippen LogP contribution in [0.1, 0.15) is 69.7 Å². The van der Waals surface area contributed by atoms with E-state index in [1.54, 1.807) is 0 Å². The van der Waals surface area contributed by atoms with Gasteiger partial charge in [-0.2, -0.15) is 5.10 Å². The smallest absolute Gasteiger partial charge is 0.135 e. The van der Waals surface area contributed by atoms with Crippen LogP contribution >= 0.6 is 0 Å². The van der Waals surface area contributed by atoms with Gasteiger partial charge < -0.3 is 0 Å². The quantitative estimate of drug-likeness (QED) is 0.751. The Morgan fingerprint density at radius 1 is 1.17 bits per heavy atom. The highest BCUT2D eigenvalue weighted by Crippen LogP contribution is 2.36. The second-order valence-corrected chi connectivity index (χ2v) is 5.22. The van der Waals surface area contributed by atoms with Crippen molar-refractivity contribution in [2.45, 2.75) is 58.3 Å². The van der Waals surface area contributed by atoms with Gasteiger partial charge in [0.1, 0.15) is 5.69 Å². The molecule has 18 heavy (non-hydrogen) atoms. The molecule has 0 N–H and O–H groups in total. The summed E-state index contributed by atoms with van der Waals surface area (Å²) in [7, 11) is 0. The Bertz CT molecular complexity index is 417. The van der Waals surface area contributed by atoms with Gasteiger partial charge in [-0.15, -0.1) is 5.10 Å². The lowest BCUT2D eigenvalue weighted by molar-refractivity contribution is 0.304. The molecule has 0 aromatic carbocycles. The van der Waals surface area contributed by atoms with Crippen LogP contribution in [0.25, 0.3) is 0 Å². The molecule has 2 heteroatoms. The molecular weight excluding hydrogens is 220 g/mol. The lowest BCUT2D eigenvalue weighted by Gasteiger charge is -2.27. The summed E-state index contributed by atoms with van der Waals surface area (Å²) in [6.07, 6.45) is 7.98.